The fourth-order valence-corrected chi connectivity index (χ4v) is 3.98. The normalized spacial score (nSPS) is 26.7. The zero-order valence-electron chi connectivity index (χ0n) is 16.8. The minimum absolute atomic E-state index is 0.116. The van der Waals surface area contributed by atoms with Crippen molar-refractivity contribution in [1.82, 2.24) is 0 Å². The minimum Gasteiger partial charge on any atom is -0.493 e. The van der Waals surface area contributed by atoms with Gasteiger partial charge in [-0.05, 0) is 18.6 Å². The molecule has 1 aliphatic rings. The first-order chi connectivity index (χ1) is 14.1. The van der Waals surface area contributed by atoms with E-state index in [1.54, 1.807) is 0 Å². The quantitative estimate of drug-likeness (QED) is 0.556. The van der Waals surface area contributed by atoms with Crippen LogP contribution in [0.15, 0.2) is 42.5 Å². The molecule has 3 rings (SSSR count). The summed E-state index contributed by atoms with van der Waals surface area (Å²) in [5.41, 5.74) is -1.51. The summed E-state index contributed by atoms with van der Waals surface area (Å²) >= 11 is 0. The SMILES string of the molecule is COc1c([C@H]2[C@H](COCc3ccccc3)O[C@@](C)(C(F)(F)F)[C@H]2C)ccc(F)c1F. The van der Waals surface area contributed by atoms with Crippen molar-refractivity contribution >= 4 is 0 Å². The van der Waals surface area contributed by atoms with Crippen LogP contribution < -0.4 is 4.74 Å². The molecule has 3 nitrogen and oxygen atoms in total. The zero-order chi connectivity index (χ0) is 22.1. The van der Waals surface area contributed by atoms with E-state index in [-0.39, 0.29) is 18.8 Å². The highest BCUT2D eigenvalue weighted by molar-refractivity contribution is 5.41. The van der Waals surface area contributed by atoms with Crippen LogP contribution in [-0.4, -0.2) is 31.6 Å². The van der Waals surface area contributed by atoms with E-state index in [9.17, 15) is 22.0 Å². The zero-order valence-corrected chi connectivity index (χ0v) is 16.8. The highest BCUT2D eigenvalue weighted by Gasteiger charge is 2.64. The Morgan fingerprint density at radius 1 is 1.07 bits per heavy atom. The largest absolute Gasteiger partial charge is 0.493 e. The molecule has 164 valence electrons. The summed E-state index contributed by atoms with van der Waals surface area (Å²) in [6.45, 7) is 2.38. The smallest absolute Gasteiger partial charge is 0.417 e. The Kier molecular flexibility index (Phi) is 6.38. The molecule has 1 heterocycles. The van der Waals surface area contributed by atoms with Crippen LogP contribution in [0.3, 0.4) is 0 Å². The molecule has 0 aliphatic carbocycles. The summed E-state index contributed by atoms with van der Waals surface area (Å²) in [7, 11) is 1.14. The van der Waals surface area contributed by atoms with Crippen LogP contribution in [0.2, 0.25) is 0 Å². The molecule has 0 N–H and O–H groups in total. The molecule has 1 saturated heterocycles. The van der Waals surface area contributed by atoms with Crippen LogP contribution in [0, 0.1) is 17.6 Å². The molecular weight excluding hydrogens is 407 g/mol. The number of hydrogen-bond acceptors (Lipinski definition) is 3. The summed E-state index contributed by atoms with van der Waals surface area (Å²) in [6.07, 6.45) is -5.70. The van der Waals surface area contributed by atoms with Gasteiger partial charge in [-0.15, -0.1) is 0 Å². The Bertz CT molecular complexity index is 871. The summed E-state index contributed by atoms with van der Waals surface area (Å²) in [5.74, 6) is -4.82. The molecule has 0 saturated carbocycles. The van der Waals surface area contributed by atoms with Gasteiger partial charge < -0.3 is 14.2 Å². The second-order valence-corrected chi connectivity index (χ2v) is 7.56. The Hall–Kier alpha value is -2.19. The average molecular weight is 430 g/mol. The van der Waals surface area contributed by atoms with Crippen LogP contribution in [0.25, 0.3) is 0 Å². The van der Waals surface area contributed by atoms with Crippen molar-refractivity contribution in [2.75, 3.05) is 13.7 Å². The highest BCUT2D eigenvalue weighted by atomic mass is 19.4. The van der Waals surface area contributed by atoms with Gasteiger partial charge in [0.1, 0.15) is 0 Å². The van der Waals surface area contributed by atoms with Crippen LogP contribution in [-0.2, 0) is 16.1 Å². The third-order valence-electron chi connectivity index (χ3n) is 5.80. The van der Waals surface area contributed by atoms with E-state index in [1.807, 2.05) is 30.3 Å². The first kappa shape index (κ1) is 22.5. The second-order valence-electron chi connectivity index (χ2n) is 7.56. The van der Waals surface area contributed by atoms with E-state index < -0.39 is 47.1 Å². The molecule has 0 radical (unpaired) electrons. The summed E-state index contributed by atoms with van der Waals surface area (Å²) in [4.78, 5) is 0. The molecule has 4 atom stereocenters. The lowest BCUT2D eigenvalue weighted by atomic mass is 9.77. The van der Waals surface area contributed by atoms with Gasteiger partial charge in [-0.3, -0.25) is 0 Å². The van der Waals surface area contributed by atoms with Crippen molar-refractivity contribution in [2.24, 2.45) is 5.92 Å². The van der Waals surface area contributed by atoms with Gasteiger partial charge >= 0.3 is 6.18 Å². The third kappa shape index (κ3) is 4.03. The predicted octanol–water partition coefficient (Wildman–Crippen LogP) is 5.63. The van der Waals surface area contributed by atoms with E-state index >= 15 is 0 Å². The fraction of sp³-hybridized carbons (Fsp3) is 0.455. The van der Waals surface area contributed by atoms with Gasteiger partial charge in [0, 0.05) is 17.4 Å². The monoisotopic (exact) mass is 430 g/mol. The van der Waals surface area contributed by atoms with Crippen molar-refractivity contribution in [2.45, 2.75) is 44.3 Å². The summed E-state index contributed by atoms with van der Waals surface area (Å²) < 4.78 is 85.6. The number of ether oxygens (including phenoxy) is 3. The Morgan fingerprint density at radius 2 is 1.73 bits per heavy atom. The van der Waals surface area contributed by atoms with Gasteiger partial charge in [0.2, 0.25) is 5.82 Å². The molecule has 8 heteroatoms. The topological polar surface area (TPSA) is 27.7 Å². The van der Waals surface area contributed by atoms with Crippen LogP contribution in [0.5, 0.6) is 5.75 Å². The van der Waals surface area contributed by atoms with Gasteiger partial charge in [-0.25, -0.2) is 4.39 Å². The van der Waals surface area contributed by atoms with Crippen LogP contribution >= 0.6 is 0 Å². The number of rotatable bonds is 6. The van der Waals surface area contributed by atoms with Gasteiger partial charge in [0.05, 0.1) is 26.4 Å². The van der Waals surface area contributed by atoms with E-state index in [2.05, 4.69) is 0 Å². The maximum atomic E-state index is 14.3. The molecule has 0 bridgehead atoms. The van der Waals surface area contributed by atoms with Crippen molar-refractivity contribution in [3.63, 3.8) is 0 Å². The van der Waals surface area contributed by atoms with Crippen molar-refractivity contribution in [3.8, 4) is 5.75 Å². The number of benzene rings is 2. The van der Waals surface area contributed by atoms with Crippen molar-refractivity contribution < 1.29 is 36.2 Å². The number of alkyl halides is 3. The molecule has 0 aromatic heterocycles. The number of methoxy groups -OCH3 is 1. The van der Waals surface area contributed by atoms with E-state index in [0.29, 0.717) is 0 Å². The Labute approximate surface area is 171 Å². The molecular formula is C22H23F5O3. The summed E-state index contributed by atoms with van der Waals surface area (Å²) in [6, 6.07) is 11.3. The predicted molar refractivity (Wildman–Crippen MR) is 100 cm³/mol. The maximum absolute atomic E-state index is 14.3. The third-order valence-corrected chi connectivity index (χ3v) is 5.80. The molecule has 2 aromatic carbocycles. The molecule has 0 amide bonds. The Morgan fingerprint density at radius 3 is 2.33 bits per heavy atom. The number of hydrogen-bond donors (Lipinski definition) is 0. The van der Waals surface area contributed by atoms with Gasteiger partial charge in [-0.2, -0.15) is 17.6 Å². The lowest BCUT2D eigenvalue weighted by Crippen LogP contribution is -2.47. The van der Waals surface area contributed by atoms with Crippen molar-refractivity contribution in [3.05, 3.63) is 65.2 Å². The van der Waals surface area contributed by atoms with Gasteiger partial charge in [0.15, 0.2) is 17.2 Å². The first-order valence-corrected chi connectivity index (χ1v) is 9.48. The highest BCUT2D eigenvalue weighted by Crippen LogP contribution is 2.54. The maximum Gasteiger partial charge on any atom is 0.417 e. The second kappa shape index (κ2) is 8.51. The minimum atomic E-state index is -4.66. The molecule has 2 aromatic rings. The molecule has 1 aliphatic heterocycles. The van der Waals surface area contributed by atoms with Gasteiger partial charge in [-0.1, -0.05) is 43.3 Å². The molecule has 30 heavy (non-hydrogen) atoms. The van der Waals surface area contributed by atoms with Crippen LogP contribution in [0.4, 0.5) is 22.0 Å². The van der Waals surface area contributed by atoms with Gasteiger partial charge in [0.25, 0.3) is 0 Å². The molecule has 1 fully saturated rings. The van der Waals surface area contributed by atoms with E-state index in [1.165, 1.54) is 13.0 Å². The van der Waals surface area contributed by atoms with Crippen molar-refractivity contribution in [1.29, 1.82) is 0 Å². The molecule has 0 unspecified atom stereocenters. The van der Waals surface area contributed by atoms with E-state index in [4.69, 9.17) is 14.2 Å². The summed E-state index contributed by atoms with van der Waals surface area (Å²) in [5, 5.41) is 0. The molecule has 0 spiro atoms. The lowest BCUT2D eigenvalue weighted by Gasteiger charge is -2.32. The number of halogens is 5. The average Bonchev–Trinajstić information content (AvgIpc) is 2.96. The lowest BCUT2D eigenvalue weighted by molar-refractivity contribution is -0.276. The van der Waals surface area contributed by atoms with E-state index in [0.717, 1.165) is 25.7 Å². The fourth-order valence-electron chi connectivity index (χ4n) is 3.98. The van der Waals surface area contributed by atoms with Crippen LogP contribution in [0.1, 0.15) is 30.9 Å². The first-order valence-electron chi connectivity index (χ1n) is 9.48. The Balaban J connectivity index is 1.93. The standard InChI is InChI=1S/C22H23F5O3/c1-13-18(15-9-10-16(23)19(24)20(15)28-3)17(30-21(13,2)22(25,26)27)12-29-11-14-7-5-4-6-8-14/h4-10,13,17-18H,11-12H2,1-3H3/t13-,17-,18-,21+/m0/s1.